The Morgan fingerprint density at radius 2 is 2.00 bits per heavy atom. The van der Waals surface area contributed by atoms with Crippen molar-refractivity contribution in [1.29, 1.82) is 0 Å². The van der Waals surface area contributed by atoms with Crippen molar-refractivity contribution in [3.8, 4) is 0 Å². The Hall–Kier alpha value is -0.940. The van der Waals surface area contributed by atoms with Crippen molar-refractivity contribution in [2.45, 2.75) is 59.1 Å². The lowest BCUT2D eigenvalue weighted by Gasteiger charge is -2.21. The summed E-state index contributed by atoms with van der Waals surface area (Å²) in [4.78, 5) is 4.35. The van der Waals surface area contributed by atoms with E-state index in [1.165, 1.54) is 0 Å². The molecule has 0 saturated heterocycles. The molecule has 0 saturated carbocycles. The molecule has 18 heavy (non-hydrogen) atoms. The maximum atomic E-state index is 6.15. The SMILES string of the molecule is CC(C)CCc1nc(C(C)(N)COC(C)C)no1. The van der Waals surface area contributed by atoms with Gasteiger partial charge in [0.2, 0.25) is 5.89 Å². The van der Waals surface area contributed by atoms with Gasteiger partial charge in [0.1, 0.15) is 5.54 Å². The number of hydrogen-bond donors (Lipinski definition) is 1. The fraction of sp³-hybridized carbons (Fsp3) is 0.846. The van der Waals surface area contributed by atoms with Crippen LogP contribution in [0.2, 0.25) is 0 Å². The quantitative estimate of drug-likeness (QED) is 0.809. The van der Waals surface area contributed by atoms with Crippen molar-refractivity contribution in [1.82, 2.24) is 10.1 Å². The third-order valence-electron chi connectivity index (χ3n) is 2.63. The van der Waals surface area contributed by atoms with Gasteiger partial charge in [-0.25, -0.2) is 0 Å². The van der Waals surface area contributed by atoms with Gasteiger partial charge >= 0.3 is 0 Å². The number of nitrogens with zero attached hydrogens (tertiary/aromatic N) is 2. The van der Waals surface area contributed by atoms with Crippen LogP contribution in [0, 0.1) is 5.92 Å². The first-order valence-electron chi connectivity index (χ1n) is 6.55. The molecule has 0 amide bonds. The Morgan fingerprint density at radius 1 is 1.33 bits per heavy atom. The third-order valence-corrected chi connectivity index (χ3v) is 2.63. The van der Waals surface area contributed by atoms with Gasteiger partial charge < -0.3 is 15.0 Å². The van der Waals surface area contributed by atoms with Crippen LogP contribution in [0.1, 0.15) is 52.8 Å². The number of hydrogen-bond acceptors (Lipinski definition) is 5. The summed E-state index contributed by atoms with van der Waals surface area (Å²) < 4.78 is 10.7. The lowest BCUT2D eigenvalue weighted by molar-refractivity contribution is 0.0410. The van der Waals surface area contributed by atoms with Crippen LogP contribution in [-0.2, 0) is 16.7 Å². The number of aromatic nitrogens is 2. The van der Waals surface area contributed by atoms with Crippen molar-refractivity contribution in [3.63, 3.8) is 0 Å². The number of aryl methyl sites for hydroxylation is 1. The van der Waals surface area contributed by atoms with E-state index in [4.69, 9.17) is 15.0 Å². The van der Waals surface area contributed by atoms with E-state index < -0.39 is 5.54 Å². The number of ether oxygens (including phenoxy) is 1. The fourth-order valence-electron chi connectivity index (χ4n) is 1.40. The number of nitrogens with two attached hydrogens (primary N) is 1. The molecule has 5 nitrogen and oxygen atoms in total. The molecule has 2 N–H and O–H groups in total. The molecule has 1 heterocycles. The van der Waals surface area contributed by atoms with Crippen LogP contribution in [0.25, 0.3) is 0 Å². The first kappa shape index (κ1) is 15.1. The van der Waals surface area contributed by atoms with Crippen LogP contribution in [0.15, 0.2) is 4.52 Å². The minimum atomic E-state index is -0.705. The topological polar surface area (TPSA) is 74.2 Å². The molecule has 0 bridgehead atoms. The monoisotopic (exact) mass is 255 g/mol. The van der Waals surface area contributed by atoms with Crippen LogP contribution >= 0.6 is 0 Å². The van der Waals surface area contributed by atoms with E-state index in [0.717, 1.165) is 12.8 Å². The molecular weight excluding hydrogens is 230 g/mol. The van der Waals surface area contributed by atoms with Gasteiger partial charge in [0.15, 0.2) is 5.82 Å². The highest BCUT2D eigenvalue weighted by Gasteiger charge is 2.28. The summed E-state index contributed by atoms with van der Waals surface area (Å²) in [6.45, 7) is 10.5. The van der Waals surface area contributed by atoms with Gasteiger partial charge in [-0.05, 0) is 33.1 Å². The van der Waals surface area contributed by atoms with E-state index in [2.05, 4.69) is 24.0 Å². The summed E-state index contributed by atoms with van der Waals surface area (Å²) in [5.74, 6) is 1.79. The minimum absolute atomic E-state index is 0.139. The zero-order chi connectivity index (χ0) is 13.8. The van der Waals surface area contributed by atoms with Crippen molar-refractivity contribution >= 4 is 0 Å². The van der Waals surface area contributed by atoms with Gasteiger partial charge in [0.05, 0.1) is 12.7 Å². The highest BCUT2D eigenvalue weighted by atomic mass is 16.5. The van der Waals surface area contributed by atoms with E-state index in [-0.39, 0.29) is 6.10 Å². The molecule has 0 fully saturated rings. The normalized spacial score (nSPS) is 15.3. The minimum Gasteiger partial charge on any atom is -0.376 e. The molecule has 0 aliphatic carbocycles. The summed E-state index contributed by atoms with van der Waals surface area (Å²) >= 11 is 0. The van der Waals surface area contributed by atoms with Gasteiger partial charge in [-0.15, -0.1) is 0 Å². The van der Waals surface area contributed by atoms with Gasteiger partial charge in [-0.3, -0.25) is 0 Å². The van der Waals surface area contributed by atoms with E-state index in [9.17, 15) is 0 Å². The van der Waals surface area contributed by atoms with Crippen LogP contribution in [0.3, 0.4) is 0 Å². The van der Waals surface area contributed by atoms with Crippen molar-refractivity contribution in [2.75, 3.05) is 6.61 Å². The van der Waals surface area contributed by atoms with E-state index in [1.807, 2.05) is 20.8 Å². The zero-order valence-electron chi connectivity index (χ0n) is 12.1. The lowest BCUT2D eigenvalue weighted by atomic mass is 10.0. The summed E-state index contributed by atoms with van der Waals surface area (Å²) in [6.07, 6.45) is 1.97. The van der Waals surface area contributed by atoms with Crippen LogP contribution < -0.4 is 5.73 Å². The van der Waals surface area contributed by atoms with Gasteiger partial charge in [0, 0.05) is 6.42 Å². The maximum absolute atomic E-state index is 6.15. The molecular formula is C13H25N3O2. The second-order valence-corrected chi connectivity index (χ2v) is 5.72. The second kappa shape index (κ2) is 6.29. The first-order chi connectivity index (χ1) is 8.31. The Labute approximate surface area is 109 Å². The Bertz CT molecular complexity index is 359. The van der Waals surface area contributed by atoms with E-state index in [0.29, 0.717) is 24.2 Å². The Kier molecular flexibility index (Phi) is 5.28. The molecule has 1 aromatic rings. The van der Waals surface area contributed by atoms with Crippen molar-refractivity contribution in [3.05, 3.63) is 11.7 Å². The summed E-state index contributed by atoms with van der Waals surface area (Å²) in [6, 6.07) is 0. The van der Waals surface area contributed by atoms with Crippen LogP contribution in [-0.4, -0.2) is 22.9 Å². The molecule has 1 rings (SSSR count). The third kappa shape index (κ3) is 4.74. The molecule has 0 aliphatic heterocycles. The molecule has 5 heteroatoms. The van der Waals surface area contributed by atoms with Gasteiger partial charge in [0.25, 0.3) is 0 Å². The van der Waals surface area contributed by atoms with Crippen molar-refractivity contribution < 1.29 is 9.26 Å². The highest BCUT2D eigenvalue weighted by Crippen LogP contribution is 2.16. The zero-order valence-corrected chi connectivity index (χ0v) is 12.1. The average Bonchev–Trinajstić information content (AvgIpc) is 2.73. The molecule has 104 valence electrons. The van der Waals surface area contributed by atoms with Crippen molar-refractivity contribution in [2.24, 2.45) is 11.7 Å². The van der Waals surface area contributed by atoms with Crippen LogP contribution in [0.5, 0.6) is 0 Å². The highest BCUT2D eigenvalue weighted by molar-refractivity contribution is 5.02. The standard InChI is InChI=1S/C13H25N3O2/c1-9(2)6-7-11-15-12(16-18-11)13(5,14)8-17-10(3)4/h9-10H,6-8,14H2,1-5H3. The fourth-order valence-corrected chi connectivity index (χ4v) is 1.40. The first-order valence-corrected chi connectivity index (χ1v) is 6.55. The Balaban J connectivity index is 2.60. The van der Waals surface area contributed by atoms with E-state index >= 15 is 0 Å². The summed E-state index contributed by atoms with van der Waals surface area (Å²) in [7, 11) is 0. The smallest absolute Gasteiger partial charge is 0.226 e. The second-order valence-electron chi connectivity index (χ2n) is 5.72. The predicted octanol–water partition coefficient (Wildman–Crippen LogP) is 2.26. The summed E-state index contributed by atoms with van der Waals surface area (Å²) in [5.41, 5.74) is 5.44. The number of rotatable bonds is 7. The molecule has 0 aliphatic rings. The van der Waals surface area contributed by atoms with Gasteiger partial charge in [-0.2, -0.15) is 4.98 Å². The molecule has 0 radical (unpaired) electrons. The molecule has 1 aromatic heterocycles. The molecule has 1 atom stereocenters. The van der Waals surface area contributed by atoms with Gasteiger partial charge in [-0.1, -0.05) is 19.0 Å². The molecule has 1 unspecified atom stereocenters. The average molecular weight is 255 g/mol. The molecule has 0 aromatic carbocycles. The maximum Gasteiger partial charge on any atom is 0.226 e. The summed E-state index contributed by atoms with van der Waals surface area (Å²) in [5, 5.41) is 3.95. The predicted molar refractivity (Wildman–Crippen MR) is 70.1 cm³/mol. The van der Waals surface area contributed by atoms with Crippen LogP contribution in [0.4, 0.5) is 0 Å². The Morgan fingerprint density at radius 3 is 2.56 bits per heavy atom. The van der Waals surface area contributed by atoms with E-state index in [1.54, 1.807) is 0 Å². The molecule has 0 spiro atoms. The lowest BCUT2D eigenvalue weighted by Crippen LogP contribution is -2.40. The largest absolute Gasteiger partial charge is 0.376 e.